The molecule has 33 heavy (non-hydrogen) atoms. The summed E-state index contributed by atoms with van der Waals surface area (Å²) in [5, 5.41) is 3.44. The van der Waals surface area contributed by atoms with E-state index >= 15 is 0 Å². The fourth-order valence-electron chi connectivity index (χ4n) is 4.54. The van der Waals surface area contributed by atoms with Gasteiger partial charge < -0.3 is 15.0 Å². The first-order valence-electron chi connectivity index (χ1n) is 11.6. The second-order valence-electron chi connectivity index (χ2n) is 8.84. The number of hydrogen-bond acceptors (Lipinski definition) is 4. The Morgan fingerprint density at radius 1 is 1.03 bits per heavy atom. The van der Waals surface area contributed by atoms with E-state index in [2.05, 4.69) is 5.32 Å². The molecule has 2 aromatic carbocycles. The van der Waals surface area contributed by atoms with E-state index in [9.17, 15) is 14.4 Å². The van der Waals surface area contributed by atoms with Gasteiger partial charge in [0.05, 0.1) is 12.0 Å². The molecule has 1 fully saturated rings. The zero-order valence-corrected chi connectivity index (χ0v) is 19.4. The van der Waals surface area contributed by atoms with Crippen LogP contribution in [-0.4, -0.2) is 47.7 Å². The van der Waals surface area contributed by atoms with Crippen molar-refractivity contribution in [1.82, 2.24) is 10.2 Å². The number of halogens is 1. The molecule has 1 spiro atoms. The number of fused-ring (bicyclic) bond motifs is 1. The molecule has 0 saturated carbocycles. The predicted molar refractivity (Wildman–Crippen MR) is 127 cm³/mol. The number of benzene rings is 2. The van der Waals surface area contributed by atoms with Crippen LogP contribution in [0.1, 0.15) is 65.7 Å². The van der Waals surface area contributed by atoms with Gasteiger partial charge in [0.2, 0.25) is 5.91 Å². The topological polar surface area (TPSA) is 75.7 Å². The van der Waals surface area contributed by atoms with E-state index in [1.54, 1.807) is 30.3 Å². The summed E-state index contributed by atoms with van der Waals surface area (Å²) in [6.07, 6.45) is 4.66. The van der Waals surface area contributed by atoms with Gasteiger partial charge >= 0.3 is 0 Å². The molecule has 0 bridgehead atoms. The van der Waals surface area contributed by atoms with Crippen LogP contribution >= 0.6 is 11.6 Å². The predicted octanol–water partition coefficient (Wildman–Crippen LogP) is 4.66. The fourth-order valence-corrected chi connectivity index (χ4v) is 4.71. The highest BCUT2D eigenvalue weighted by Crippen LogP contribution is 2.40. The molecule has 0 unspecified atom stereocenters. The molecule has 2 aliphatic heterocycles. The molecule has 2 heterocycles. The number of ketones is 1. The minimum Gasteiger partial charge on any atom is -0.486 e. The van der Waals surface area contributed by atoms with E-state index in [4.69, 9.17) is 16.3 Å². The lowest BCUT2D eigenvalue weighted by atomic mass is 9.82. The SMILES string of the molecule is O=C(NCCCCCC(=O)N1CCC2(CC1)CC(=O)c1cc(Cl)ccc1O2)c1ccccc1. The van der Waals surface area contributed by atoms with Crippen molar-refractivity contribution in [2.24, 2.45) is 0 Å². The van der Waals surface area contributed by atoms with Gasteiger partial charge in [-0.15, -0.1) is 0 Å². The molecule has 0 radical (unpaired) electrons. The Hall–Kier alpha value is -2.86. The van der Waals surface area contributed by atoms with Crippen LogP contribution in [0.15, 0.2) is 48.5 Å². The van der Waals surface area contributed by atoms with E-state index in [-0.39, 0.29) is 17.6 Å². The molecule has 2 aromatic rings. The van der Waals surface area contributed by atoms with Gasteiger partial charge in [0.25, 0.3) is 5.91 Å². The summed E-state index contributed by atoms with van der Waals surface area (Å²) in [4.78, 5) is 39.2. The van der Waals surface area contributed by atoms with Crippen LogP contribution in [0.25, 0.3) is 0 Å². The molecule has 7 heteroatoms. The Balaban J connectivity index is 1.15. The third kappa shape index (κ3) is 5.74. The first-order valence-corrected chi connectivity index (χ1v) is 12.0. The van der Waals surface area contributed by atoms with E-state index in [0.717, 1.165) is 19.3 Å². The Bertz CT molecular complexity index is 1020. The lowest BCUT2D eigenvalue weighted by Gasteiger charge is -2.44. The van der Waals surface area contributed by atoms with Crippen LogP contribution in [-0.2, 0) is 4.79 Å². The average molecular weight is 469 g/mol. The molecule has 0 atom stereocenters. The highest BCUT2D eigenvalue weighted by atomic mass is 35.5. The van der Waals surface area contributed by atoms with Crippen LogP contribution in [0.5, 0.6) is 5.75 Å². The molecular weight excluding hydrogens is 440 g/mol. The lowest BCUT2D eigenvalue weighted by molar-refractivity contribution is -0.134. The van der Waals surface area contributed by atoms with Gasteiger partial charge in [0.15, 0.2) is 5.78 Å². The summed E-state index contributed by atoms with van der Waals surface area (Å²) in [5.74, 6) is 0.725. The quantitative estimate of drug-likeness (QED) is 0.600. The standard InChI is InChI=1S/C26H29ClN2O4/c27-20-10-11-23-21(17-20)22(30)18-26(33-23)12-15-29(16-13-26)24(31)9-5-2-6-14-28-25(32)19-7-3-1-4-8-19/h1,3-4,7-8,10-11,17H,2,5-6,9,12-16,18H2,(H,28,32). The summed E-state index contributed by atoms with van der Waals surface area (Å²) >= 11 is 6.01. The zero-order valence-electron chi connectivity index (χ0n) is 18.6. The Morgan fingerprint density at radius 2 is 1.79 bits per heavy atom. The number of nitrogens with one attached hydrogen (secondary N) is 1. The van der Waals surface area contributed by atoms with Crippen molar-refractivity contribution in [3.63, 3.8) is 0 Å². The third-order valence-electron chi connectivity index (χ3n) is 6.47. The van der Waals surface area contributed by atoms with Crippen molar-refractivity contribution in [3.05, 3.63) is 64.7 Å². The molecule has 4 rings (SSSR count). The Kier molecular flexibility index (Phi) is 7.33. The molecule has 174 valence electrons. The number of Topliss-reactive ketones (excluding diaryl/α,β-unsaturated/α-hetero) is 1. The summed E-state index contributed by atoms with van der Waals surface area (Å²) in [7, 11) is 0. The Labute approximate surface area is 199 Å². The summed E-state index contributed by atoms with van der Waals surface area (Å²) in [6, 6.07) is 14.3. The summed E-state index contributed by atoms with van der Waals surface area (Å²) in [5.41, 5.74) is 0.684. The van der Waals surface area contributed by atoms with Crippen molar-refractivity contribution in [3.8, 4) is 5.75 Å². The van der Waals surface area contributed by atoms with Gasteiger partial charge in [-0.2, -0.15) is 0 Å². The molecule has 2 amide bonds. The smallest absolute Gasteiger partial charge is 0.251 e. The second kappa shape index (κ2) is 10.4. The number of piperidine rings is 1. The molecule has 1 saturated heterocycles. The van der Waals surface area contributed by atoms with E-state index < -0.39 is 5.60 Å². The van der Waals surface area contributed by atoms with E-state index in [0.29, 0.717) is 67.2 Å². The Morgan fingerprint density at radius 3 is 2.55 bits per heavy atom. The number of ether oxygens (including phenoxy) is 1. The average Bonchev–Trinajstić information content (AvgIpc) is 2.82. The number of hydrogen-bond donors (Lipinski definition) is 1. The van der Waals surface area contributed by atoms with Crippen molar-refractivity contribution in [1.29, 1.82) is 0 Å². The van der Waals surface area contributed by atoms with Gasteiger partial charge in [0.1, 0.15) is 11.4 Å². The third-order valence-corrected chi connectivity index (χ3v) is 6.70. The number of carbonyl (C=O) groups is 3. The molecule has 1 N–H and O–H groups in total. The van der Waals surface area contributed by atoms with Crippen LogP contribution in [0.3, 0.4) is 0 Å². The number of likely N-dealkylation sites (tertiary alicyclic amines) is 1. The number of carbonyl (C=O) groups excluding carboxylic acids is 3. The zero-order chi connectivity index (χ0) is 23.3. The second-order valence-corrected chi connectivity index (χ2v) is 9.28. The van der Waals surface area contributed by atoms with Gasteiger partial charge in [-0.05, 0) is 43.2 Å². The minimum atomic E-state index is -0.522. The van der Waals surface area contributed by atoms with E-state index in [1.807, 2.05) is 23.1 Å². The van der Waals surface area contributed by atoms with Gasteiger partial charge in [-0.3, -0.25) is 14.4 Å². The maximum atomic E-state index is 12.6. The van der Waals surface area contributed by atoms with Crippen molar-refractivity contribution < 1.29 is 19.1 Å². The molecular formula is C26H29ClN2O4. The fraction of sp³-hybridized carbons (Fsp3) is 0.423. The van der Waals surface area contributed by atoms with Gasteiger partial charge in [-0.1, -0.05) is 36.2 Å². The van der Waals surface area contributed by atoms with Gasteiger partial charge in [-0.25, -0.2) is 0 Å². The van der Waals surface area contributed by atoms with Crippen molar-refractivity contribution in [2.75, 3.05) is 19.6 Å². The van der Waals surface area contributed by atoms with Gasteiger partial charge in [0, 0.05) is 49.5 Å². The number of unbranched alkanes of at least 4 members (excludes halogenated alkanes) is 2. The summed E-state index contributed by atoms with van der Waals surface area (Å²) < 4.78 is 6.24. The molecule has 2 aliphatic rings. The number of rotatable bonds is 7. The largest absolute Gasteiger partial charge is 0.486 e. The molecule has 0 aromatic heterocycles. The number of amides is 2. The molecule has 6 nitrogen and oxygen atoms in total. The normalized spacial score (nSPS) is 16.8. The minimum absolute atomic E-state index is 0.0536. The number of nitrogens with zero attached hydrogens (tertiary/aromatic N) is 1. The van der Waals surface area contributed by atoms with E-state index in [1.165, 1.54) is 0 Å². The monoisotopic (exact) mass is 468 g/mol. The first kappa shape index (κ1) is 23.3. The van der Waals surface area contributed by atoms with Crippen LogP contribution in [0.2, 0.25) is 5.02 Å². The summed E-state index contributed by atoms with van der Waals surface area (Å²) in [6.45, 7) is 1.80. The highest BCUT2D eigenvalue weighted by Gasteiger charge is 2.43. The first-order chi connectivity index (χ1) is 16.0. The van der Waals surface area contributed by atoms with Crippen molar-refractivity contribution in [2.45, 2.75) is 50.5 Å². The van der Waals surface area contributed by atoms with Crippen LogP contribution in [0, 0.1) is 0 Å². The molecule has 0 aliphatic carbocycles. The maximum absolute atomic E-state index is 12.6. The van der Waals surface area contributed by atoms with Crippen LogP contribution < -0.4 is 10.1 Å². The highest BCUT2D eigenvalue weighted by molar-refractivity contribution is 6.31. The maximum Gasteiger partial charge on any atom is 0.251 e. The van der Waals surface area contributed by atoms with Crippen LogP contribution in [0.4, 0.5) is 0 Å². The lowest BCUT2D eigenvalue weighted by Crippen LogP contribution is -2.52. The van der Waals surface area contributed by atoms with Crippen molar-refractivity contribution >= 4 is 29.2 Å².